The minimum atomic E-state index is 0.552. The van der Waals surface area contributed by atoms with Crippen LogP contribution in [-0.4, -0.2) is 30.6 Å². The Morgan fingerprint density at radius 1 is 1.33 bits per heavy atom. The second-order valence-electron chi connectivity index (χ2n) is 6.60. The number of rotatable bonds is 6. The Kier molecular flexibility index (Phi) is 6.10. The maximum Gasteiger partial charge on any atom is 0.0404 e. The zero-order valence-electron chi connectivity index (χ0n) is 14.3. The van der Waals surface area contributed by atoms with Crippen LogP contribution >= 0.6 is 0 Å². The molecule has 1 aliphatic rings. The fraction of sp³-hybridized carbons (Fsp3) is 0.684. The monoisotopic (exact) mass is 288 g/mol. The Morgan fingerprint density at radius 3 is 2.86 bits per heavy atom. The third-order valence-corrected chi connectivity index (χ3v) is 4.90. The van der Waals surface area contributed by atoms with Gasteiger partial charge in [0.1, 0.15) is 0 Å². The lowest BCUT2D eigenvalue weighted by molar-refractivity contribution is 0.165. The fourth-order valence-corrected chi connectivity index (χ4v) is 3.59. The van der Waals surface area contributed by atoms with Crippen LogP contribution in [0.25, 0.3) is 0 Å². The van der Waals surface area contributed by atoms with Crippen molar-refractivity contribution in [2.24, 2.45) is 5.92 Å². The first-order chi connectivity index (χ1) is 10.2. The van der Waals surface area contributed by atoms with Crippen LogP contribution in [0.3, 0.4) is 0 Å². The van der Waals surface area contributed by atoms with Gasteiger partial charge < -0.3 is 10.2 Å². The van der Waals surface area contributed by atoms with Crippen molar-refractivity contribution in [3.05, 3.63) is 29.3 Å². The van der Waals surface area contributed by atoms with Crippen LogP contribution in [-0.2, 0) is 6.42 Å². The molecule has 1 aromatic carbocycles. The molecule has 0 amide bonds. The third kappa shape index (κ3) is 4.23. The van der Waals surface area contributed by atoms with Gasteiger partial charge in [0.05, 0.1) is 0 Å². The molecule has 118 valence electrons. The van der Waals surface area contributed by atoms with Crippen molar-refractivity contribution >= 4 is 5.69 Å². The number of hydrogen-bond donors (Lipinski definition) is 1. The summed E-state index contributed by atoms with van der Waals surface area (Å²) in [4.78, 5) is 2.64. The predicted molar refractivity (Wildman–Crippen MR) is 93.1 cm³/mol. The Bertz CT molecular complexity index is 439. The number of piperidine rings is 1. The van der Waals surface area contributed by atoms with Gasteiger partial charge in [-0.2, -0.15) is 0 Å². The van der Waals surface area contributed by atoms with Crippen molar-refractivity contribution in [3.8, 4) is 0 Å². The first-order valence-electron chi connectivity index (χ1n) is 8.73. The van der Waals surface area contributed by atoms with Gasteiger partial charge in [0.2, 0.25) is 0 Å². The molecule has 1 fully saturated rings. The highest BCUT2D eigenvalue weighted by Crippen LogP contribution is 2.26. The smallest absolute Gasteiger partial charge is 0.0404 e. The molecule has 2 rings (SSSR count). The minimum absolute atomic E-state index is 0.552. The Hall–Kier alpha value is -1.02. The van der Waals surface area contributed by atoms with Gasteiger partial charge >= 0.3 is 0 Å². The van der Waals surface area contributed by atoms with Crippen molar-refractivity contribution in [1.29, 1.82) is 0 Å². The molecule has 0 bridgehead atoms. The summed E-state index contributed by atoms with van der Waals surface area (Å²) in [6, 6.07) is 7.20. The molecule has 2 nitrogen and oxygen atoms in total. The van der Waals surface area contributed by atoms with E-state index in [2.05, 4.69) is 56.1 Å². The third-order valence-electron chi connectivity index (χ3n) is 4.90. The lowest BCUT2D eigenvalue weighted by atomic mass is 9.90. The summed E-state index contributed by atoms with van der Waals surface area (Å²) in [5.41, 5.74) is 4.20. The Balaban J connectivity index is 2.02. The van der Waals surface area contributed by atoms with Crippen LogP contribution in [0.4, 0.5) is 5.69 Å². The van der Waals surface area contributed by atoms with Gasteiger partial charge in [-0.15, -0.1) is 0 Å². The molecule has 1 N–H and O–H groups in total. The zero-order valence-corrected chi connectivity index (χ0v) is 14.3. The number of hydrogen-bond acceptors (Lipinski definition) is 2. The number of nitrogens with one attached hydrogen (secondary N) is 1. The van der Waals surface area contributed by atoms with E-state index in [0.29, 0.717) is 6.04 Å². The first kappa shape index (κ1) is 16.4. The molecule has 1 aromatic rings. The van der Waals surface area contributed by atoms with Gasteiger partial charge in [0.15, 0.2) is 0 Å². The summed E-state index contributed by atoms with van der Waals surface area (Å²) >= 11 is 0. The second-order valence-corrected chi connectivity index (χ2v) is 6.60. The van der Waals surface area contributed by atoms with Crippen molar-refractivity contribution in [3.63, 3.8) is 0 Å². The lowest BCUT2D eigenvalue weighted by Gasteiger charge is -2.36. The first-order valence-corrected chi connectivity index (χ1v) is 8.73. The number of para-hydroxylation sites is 1. The van der Waals surface area contributed by atoms with Crippen molar-refractivity contribution in [1.82, 2.24) is 4.90 Å². The predicted octanol–water partition coefficient (Wildman–Crippen LogP) is 4.48. The van der Waals surface area contributed by atoms with E-state index in [-0.39, 0.29) is 0 Å². The van der Waals surface area contributed by atoms with Gasteiger partial charge in [-0.3, -0.25) is 0 Å². The molecule has 21 heavy (non-hydrogen) atoms. The average Bonchev–Trinajstić information content (AvgIpc) is 2.50. The molecular weight excluding hydrogens is 256 g/mol. The van der Waals surface area contributed by atoms with E-state index in [1.807, 2.05) is 0 Å². The molecule has 0 radical (unpaired) electrons. The fourth-order valence-electron chi connectivity index (χ4n) is 3.59. The van der Waals surface area contributed by atoms with Crippen LogP contribution in [0, 0.1) is 12.8 Å². The standard InChI is InChI=1S/C19H32N2/c1-5-12-21-13-8-11-18(14-21)16(4)20-19-15(3)9-7-10-17(19)6-2/h7,9-10,16,18,20H,5-6,8,11-14H2,1-4H3. The van der Waals surface area contributed by atoms with E-state index in [1.54, 1.807) is 0 Å². The number of benzene rings is 1. The topological polar surface area (TPSA) is 15.3 Å². The van der Waals surface area contributed by atoms with Crippen LogP contribution in [0.5, 0.6) is 0 Å². The molecule has 2 heteroatoms. The zero-order chi connectivity index (χ0) is 15.2. The number of nitrogens with zero attached hydrogens (tertiary/aromatic N) is 1. The highest BCUT2D eigenvalue weighted by molar-refractivity contribution is 5.57. The summed E-state index contributed by atoms with van der Waals surface area (Å²) < 4.78 is 0. The molecule has 1 aliphatic heterocycles. The van der Waals surface area contributed by atoms with E-state index >= 15 is 0 Å². The largest absolute Gasteiger partial charge is 0.382 e. The Labute approximate surface area is 130 Å². The molecule has 0 aromatic heterocycles. The van der Waals surface area contributed by atoms with Crippen LogP contribution < -0.4 is 5.32 Å². The Morgan fingerprint density at radius 2 is 2.14 bits per heavy atom. The quantitative estimate of drug-likeness (QED) is 0.830. The highest BCUT2D eigenvalue weighted by Gasteiger charge is 2.24. The summed E-state index contributed by atoms with van der Waals surface area (Å²) in [7, 11) is 0. The van der Waals surface area contributed by atoms with Gasteiger partial charge in [0.25, 0.3) is 0 Å². The molecule has 1 saturated heterocycles. The molecule has 0 saturated carbocycles. The van der Waals surface area contributed by atoms with E-state index < -0.39 is 0 Å². The summed E-state index contributed by atoms with van der Waals surface area (Å²) in [6.45, 7) is 12.9. The normalized spacial score (nSPS) is 21.2. The molecule has 2 atom stereocenters. The molecule has 2 unspecified atom stereocenters. The van der Waals surface area contributed by atoms with Crippen molar-refractivity contribution in [2.75, 3.05) is 25.0 Å². The molecule has 1 heterocycles. The van der Waals surface area contributed by atoms with Gasteiger partial charge in [0, 0.05) is 18.3 Å². The van der Waals surface area contributed by atoms with Crippen molar-refractivity contribution < 1.29 is 0 Å². The van der Waals surface area contributed by atoms with Gasteiger partial charge in [-0.1, -0.05) is 32.0 Å². The van der Waals surface area contributed by atoms with E-state index in [1.165, 1.54) is 55.7 Å². The summed E-state index contributed by atoms with van der Waals surface area (Å²) in [5, 5.41) is 3.84. The second kappa shape index (κ2) is 7.84. The lowest BCUT2D eigenvalue weighted by Crippen LogP contribution is -2.42. The SMILES string of the molecule is CCCN1CCCC(C(C)Nc2c(C)cccc2CC)C1. The highest BCUT2D eigenvalue weighted by atomic mass is 15.1. The van der Waals surface area contributed by atoms with Gasteiger partial charge in [-0.25, -0.2) is 0 Å². The van der Waals surface area contributed by atoms with Crippen LogP contribution in [0.2, 0.25) is 0 Å². The van der Waals surface area contributed by atoms with Crippen molar-refractivity contribution in [2.45, 2.75) is 59.4 Å². The summed E-state index contributed by atoms with van der Waals surface area (Å²) in [6.07, 6.45) is 5.09. The number of aryl methyl sites for hydroxylation is 2. The van der Waals surface area contributed by atoms with Crippen LogP contribution in [0.15, 0.2) is 18.2 Å². The molecular formula is C19H32N2. The van der Waals surface area contributed by atoms with Gasteiger partial charge in [-0.05, 0) is 69.7 Å². The number of likely N-dealkylation sites (tertiary alicyclic amines) is 1. The van der Waals surface area contributed by atoms with E-state index in [9.17, 15) is 0 Å². The van der Waals surface area contributed by atoms with E-state index in [0.717, 1.165) is 12.3 Å². The molecule has 0 spiro atoms. The molecule has 0 aliphatic carbocycles. The van der Waals surface area contributed by atoms with Crippen LogP contribution in [0.1, 0.15) is 51.2 Å². The maximum absolute atomic E-state index is 3.84. The summed E-state index contributed by atoms with van der Waals surface area (Å²) in [5.74, 6) is 0.773. The average molecular weight is 288 g/mol. The maximum atomic E-state index is 3.84. The number of anilines is 1. The minimum Gasteiger partial charge on any atom is -0.382 e. The van der Waals surface area contributed by atoms with E-state index in [4.69, 9.17) is 0 Å².